The number of rotatable bonds is 2. The maximum Gasteiger partial charge on any atom is 0.471 e. The van der Waals surface area contributed by atoms with Gasteiger partial charge in [-0.3, -0.25) is 4.79 Å². The van der Waals surface area contributed by atoms with Gasteiger partial charge < -0.3 is 4.90 Å². The van der Waals surface area contributed by atoms with Crippen LogP contribution in [0.2, 0.25) is 0 Å². The molecular formula is C9H14F3NOS. The van der Waals surface area contributed by atoms with Crippen LogP contribution in [0.1, 0.15) is 19.8 Å². The van der Waals surface area contributed by atoms with E-state index in [4.69, 9.17) is 0 Å². The molecule has 1 aliphatic rings. The van der Waals surface area contributed by atoms with Crippen molar-refractivity contribution < 1.29 is 18.0 Å². The molecule has 0 saturated carbocycles. The molecule has 1 unspecified atom stereocenters. The molecule has 1 amide bonds. The lowest BCUT2D eigenvalue weighted by atomic mass is 10.1. The molecular weight excluding hydrogens is 227 g/mol. The smallest absolute Gasteiger partial charge is 0.334 e. The van der Waals surface area contributed by atoms with Crippen molar-refractivity contribution in [3.63, 3.8) is 0 Å². The van der Waals surface area contributed by atoms with Crippen molar-refractivity contribution in [3.05, 3.63) is 0 Å². The number of carbonyl (C=O) groups excluding carboxylic acids is 1. The van der Waals surface area contributed by atoms with E-state index in [2.05, 4.69) is 0 Å². The van der Waals surface area contributed by atoms with Crippen LogP contribution in [0.25, 0.3) is 0 Å². The van der Waals surface area contributed by atoms with Gasteiger partial charge in [-0.2, -0.15) is 24.9 Å². The Labute approximate surface area is 91.2 Å². The van der Waals surface area contributed by atoms with E-state index >= 15 is 0 Å². The van der Waals surface area contributed by atoms with Gasteiger partial charge in [-0.25, -0.2) is 0 Å². The number of alkyl halides is 3. The fourth-order valence-corrected chi connectivity index (χ4v) is 2.76. The van der Waals surface area contributed by atoms with Crippen LogP contribution in [0.5, 0.6) is 0 Å². The van der Waals surface area contributed by atoms with E-state index in [1.165, 1.54) is 0 Å². The van der Waals surface area contributed by atoms with Crippen LogP contribution in [0.3, 0.4) is 0 Å². The van der Waals surface area contributed by atoms with Gasteiger partial charge in [-0.1, -0.05) is 6.92 Å². The molecule has 0 aromatic heterocycles. The number of amides is 1. The summed E-state index contributed by atoms with van der Waals surface area (Å²) >= 11 is 1.62. The summed E-state index contributed by atoms with van der Waals surface area (Å²) in [6.45, 7) is 2.44. The molecule has 0 aliphatic carbocycles. The number of hydrogen-bond donors (Lipinski definition) is 0. The fourth-order valence-electron chi connectivity index (χ4n) is 1.67. The van der Waals surface area contributed by atoms with E-state index in [9.17, 15) is 18.0 Å². The van der Waals surface area contributed by atoms with Crippen LogP contribution in [0.4, 0.5) is 13.2 Å². The highest BCUT2D eigenvalue weighted by Gasteiger charge is 2.43. The minimum atomic E-state index is -4.72. The zero-order valence-corrected chi connectivity index (χ0v) is 9.33. The van der Waals surface area contributed by atoms with E-state index in [1.807, 2.05) is 6.92 Å². The average molecular weight is 241 g/mol. The van der Waals surface area contributed by atoms with Crippen LogP contribution in [0.15, 0.2) is 0 Å². The van der Waals surface area contributed by atoms with Gasteiger partial charge in [-0.05, 0) is 18.6 Å². The van der Waals surface area contributed by atoms with Gasteiger partial charge in [0.1, 0.15) is 0 Å². The van der Waals surface area contributed by atoms with Gasteiger partial charge in [0.25, 0.3) is 0 Å². The molecule has 0 spiro atoms. The first-order valence-electron chi connectivity index (χ1n) is 4.93. The number of carbonyl (C=O) groups is 1. The standard InChI is InChI=1S/C9H14F3NOS/c1-2-15-7-4-3-5-13(6-7)8(14)9(10,11)12/h7H,2-6H2,1H3. The van der Waals surface area contributed by atoms with E-state index in [0.29, 0.717) is 6.42 Å². The molecule has 1 heterocycles. The lowest BCUT2D eigenvalue weighted by Crippen LogP contribution is -2.47. The van der Waals surface area contributed by atoms with E-state index in [-0.39, 0.29) is 18.3 Å². The van der Waals surface area contributed by atoms with Crippen molar-refractivity contribution in [2.45, 2.75) is 31.2 Å². The average Bonchev–Trinajstić information content (AvgIpc) is 2.16. The number of likely N-dealkylation sites (tertiary alicyclic amines) is 1. The normalized spacial score (nSPS) is 22.9. The summed E-state index contributed by atoms with van der Waals surface area (Å²) in [6.07, 6.45) is -3.15. The van der Waals surface area contributed by atoms with Gasteiger partial charge in [-0.15, -0.1) is 0 Å². The Morgan fingerprint density at radius 3 is 2.73 bits per heavy atom. The largest absolute Gasteiger partial charge is 0.471 e. The summed E-state index contributed by atoms with van der Waals surface area (Å²) in [5, 5.41) is 0.162. The van der Waals surface area contributed by atoms with Crippen molar-refractivity contribution in [2.24, 2.45) is 0 Å². The maximum absolute atomic E-state index is 12.1. The second-order valence-corrected chi connectivity index (χ2v) is 5.05. The van der Waals surface area contributed by atoms with E-state index in [1.54, 1.807) is 11.8 Å². The molecule has 88 valence electrons. The number of piperidine rings is 1. The summed E-state index contributed by atoms with van der Waals surface area (Å²) in [4.78, 5) is 11.9. The van der Waals surface area contributed by atoms with Crippen LogP contribution >= 0.6 is 11.8 Å². The highest BCUT2D eigenvalue weighted by molar-refractivity contribution is 7.99. The van der Waals surface area contributed by atoms with Gasteiger partial charge in [0.05, 0.1) is 0 Å². The second-order valence-electron chi connectivity index (χ2n) is 3.47. The lowest BCUT2D eigenvalue weighted by molar-refractivity contribution is -0.186. The highest BCUT2D eigenvalue weighted by Crippen LogP contribution is 2.26. The molecule has 1 aliphatic heterocycles. The highest BCUT2D eigenvalue weighted by atomic mass is 32.2. The van der Waals surface area contributed by atoms with Gasteiger partial charge >= 0.3 is 12.1 Å². The first kappa shape index (κ1) is 12.7. The molecule has 0 aromatic rings. The molecule has 15 heavy (non-hydrogen) atoms. The van der Waals surface area contributed by atoms with Crippen molar-refractivity contribution in [2.75, 3.05) is 18.8 Å². The van der Waals surface area contributed by atoms with Crippen LogP contribution in [0, 0.1) is 0 Å². The SMILES string of the molecule is CCSC1CCCN(C(=O)C(F)(F)F)C1. The molecule has 1 rings (SSSR count). The van der Waals surface area contributed by atoms with Gasteiger partial charge in [0.15, 0.2) is 0 Å². The first-order chi connectivity index (χ1) is 6.95. The maximum atomic E-state index is 12.1. The van der Waals surface area contributed by atoms with Crippen LogP contribution in [-0.4, -0.2) is 41.1 Å². The molecule has 1 fully saturated rings. The monoisotopic (exact) mass is 241 g/mol. The zero-order valence-electron chi connectivity index (χ0n) is 8.51. The van der Waals surface area contributed by atoms with E-state index in [0.717, 1.165) is 17.1 Å². The third-order valence-electron chi connectivity index (χ3n) is 2.31. The van der Waals surface area contributed by atoms with Crippen molar-refractivity contribution in [1.29, 1.82) is 0 Å². The number of nitrogens with zero attached hydrogens (tertiary/aromatic N) is 1. The fraction of sp³-hybridized carbons (Fsp3) is 0.889. The Morgan fingerprint density at radius 1 is 1.53 bits per heavy atom. The van der Waals surface area contributed by atoms with Crippen LogP contribution in [-0.2, 0) is 4.79 Å². The molecule has 1 atom stereocenters. The Kier molecular flexibility index (Phi) is 4.31. The minimum absolute atomic E-state index is 0.162. The van der Waals surface area contributed by atoms with Crippen LogP contribution < -0.4 is 0 Å². The third-order valence-corrected chi connectivity index (χ3v) is 3.50. The number of hydrogen-bond acceptors (Lipinski definition) is 2. The van der Waals surface area contributed by atoms with Crippen molar-refractivity contribution in [3.8, 4) is 0 Å². The first-order valence-corrected chi connectivity index (χ1v) is 5.97. The summed E-state index contributed by atoms with van der Waals surface area (Å²) in [5.74, 6) is -0.817. The predicted molar refractivity (Wildman–Crippen MR) is 53.8 cm³/mol. The van der Waals surface area contributed by atoms with Gasteiger partial charge in [0.2, 0.25) is 0 Å². The molecule has 6 heteroatoms. The topological polar surface area (TPSA) is 20.3 Å². The summed E-state index contributed by atoms with van der Waals surface area (Å²) in [6, 6.07) is 0. The minimum Gasteiger partial charge on any atom is -0.334 e. The Morgan fingerprint density at radius 2 is 2.20 bits per heavy atom. The Bertz CT molecular complexity index is 230. The molecule has 1 saturated heterocycles. The molecule has 0 aromatic carbocycles. The molecule has 2 nitrogen and oxygen atoms in total. The quantitative estimate of drug-likeness (QED) is 0.739. The zero-order chi connectivity index (χ0) is 11.5. The number of halogens is 3. The second kappa shape index (κ2) is 5.09. The summed E-state index contributed by atoms with van der Waals surface area (Å²) in [5.41, 5.74) is 0. The Balaban J connectivity index is 2.52. The Hall–Kier alpha value is -0.390. The molecule has 0 radical (unpaired) electrons. The van der Waals surface area contributed by atoms with E-state index < -0.39 is 12.1 Å². The molecule has 0 bridgehead atoms. The summed E-state index contributed by atoms with van der Waals surface area (Å²) in [7, 11) is 0. The van der Waals surface area contributed by atoms with Gasteiger partial charge in [0, 0.05) is 18.3 Å². The molecule has 0 N–H and O–H groups in total. The van der Waals surface area contributed by atoms with Crippen molar-refractivity contribution in [1.82, 2.24) is 4.90 Å². The third kappa shape index (κ3) is 3.59. The number of thioether (sulfide) groups is 1. The summed E-state index contributed by atoms with van der Waals surface area (Å²) < 4.78 is 36.4. The lowest BCUT2D eigenvalue weighted by Gasteiger charge is -2.32. The van der Waals surface area contributed by atoms with Crippen molar-refractivity contribution >= 4 is 17.7 Å². The predicted octanol–water partition coefficient (Wildman–Crippen LogP) is 2.29.